The number of nitrogens with one attached hydrogen (secondary N) is 1. The molecule has 3 N–H and O–H groups in total. The number of thioether (sulfide) groups is 1. The summed E-state index contributed by atoms with van der Waals surface area (Å²) >= 11 is 1.85. The minimum Gasteiger partial charge on any atom is -0.351 e. The lowest BCUT2D eigenvalue weighted by molar-refractivity contribution is -0.123. The van der Waals surface area contributed by atoms with Crippen LogP contribution in [0.1, 0.15) is 33.1 Å². The Labute approximate surface area is 96.6 Å². The lowest BCUT2D eigenvalue weighted by atomic mass is 10.0. The Kier molecular flexibility index (Phi) is 4.93. The molecule has 3 unspecified atom stereocenters. The van der Waals surface area contributed by atoms with Gasteiger partial charge in [0, 0.05) is 11.3 Å². The second-order valence-electron chi connectivity index (χ2n) is 4.59. The third kappa shape index (κ3) is 3.38. The molecule has 88 valence electrons. The van der Waals surface area contributed by atoms with Crippen molar-refractivity contribution in [1.29, 1.82) is 0 Å². The predicted molar refractivity (Wildman–Crippen MR) is 65.9 cm³/mol. The van der Waals surface area contributed by atoms with Crippen molar-refractivity contribution in [2.24, 2.45) is 11.7 Å². The molecule has 0 aromatic carbocycles. The molecule has 3 atom stereocenters. The first-order valence-corrected chi connectivity index (χ1v) is 6.93. The van der Waals surface area contributed by atoms with Crippen LogP contribution in [0.25, 0.3) is 0 Å². The van der Waals surface area contributed by atoms with E-state index in [0.717, 1.165) is 6.42 Å². The van der Waals surface area contributed by atoms with E-state index in [0.29, 0.717) is 11.3 Å². The van der Waals surface area contributed by atoms with Gasteiger partial charge < -0.3 is 11.1 Å². The lowest BCUT2D eigenvalue weighted by Gasteiger charge is -2.22. The van der Waals surface area contributed by atoms with Crippen LogP contribution < -0.4 is 11.1 Å². The SMILES string of the molecule is CSC1CCCC1NC(=O)C(N)C(C)C. The molecular weight excluding hydrogens is 208 g/mol. The highest BCUT2D eigenvalue weighted by Crippen LogP contribution is 2.28. The molecule has 4 heteroatoms. The van der Waals surface area contributed by atoms with Crippen LogP contribution in [0.3, 0.4) is 0 Å². The van der Waals surface area contributed by atoms with E-state index in [1.807, 2.05) is 25.6 Å². The van der Waals surface area contributed by atoms with E-state index in [4.69, 9.17) is 5.73 Å². The average Bonchev–Trinajstić information content (AvgIpc) is 2.63. The van der Waals surface area contributed by atoms with E-state index >= 15 is 0 Å². The highest BCUT2D eigenvalue weighted by atomic mass is 32.2. The number of nitrogens with two attached hydrogens (primary N) is 1. The summed E-state index contributed by atoms with van der Waals surface area (Å²) in [6.07, 6.45) is 5.63. The number of hydrogen-bond acceptors (Lipinski definition) is 3. The molecule has 1 aliphatic rings. The fourth-order valence-corrected chi connectivity index (χ4v) is 2.89. The van der Waals surface area contributed by atoms with Crippen molar-refractivity contribution >= 4 is 17.7 Å². The van der Waals surface area contributed by atoms with Crippen molar-refractivity contribution in [3.8, 4) is 0 Å². The first-order chi connectivity index (χ1) is 7.06. The molecule has 1 saturated carbocycles. The van der Waals surface area contributed by atoms with Crippen molar-refractivity contribution in [2.75, 3.05) is 6.26 Å². The summed E-state index contributed by atoms with van der Waals surface area (Å²) in [5.41, 5.74) is 5.81. The van der Waals surface area contributed by atoms with Gasteiger partial charge in [0.2, 0.25) is 5.91 Å². The smallest absolute Gasteiger partial charge is 0.237 e. The van der Waals surface area contributed by atoms with Crippen molar-refractivity contribution in [3.63, 3.8) is 0 Å². The van der Waals surface area contributed by atoms with Gasteiger partial charge in [-0.05, 0) is 25.0 Å². The topological polar surface area (TPSA) is 55.1 Å². The molecule has 3 nitrogen and oxygen atoms in total. The fraction of sp³-hybridized carbons (Fsp3) is 0.909. The summed E-state index contributed by atoms with van der Waals surface area (Å²) in [5, 5.41) is 3.65. The van der Waals surface area contributed by atoms with Gasteiger partial charge in [-0.1, -0.05) is 20.3 Å². The zero-order valence-electron chi connectivity index (χ0n) is 9.82. The van der Waals surface area contributed by atoms with Crippen LogP contribution in [0.5, 0.6) is 0 Å². The first kappa shape index (κ1) is 12.8. The monoisotopic (exact) mass is 230 g/mol. The maximum absolute atomic E-state index is 11.8. The van der Waals surface area contributed by atoms with Gasteiger partial charge in [-0.3, -0.25) is 4.79 Å². The fourth-order valence-electron chi connectivity index (χ4n) is 1.95. The molecule has 0 spiro atoms. The Morgan fingerprint density at radius 3 is 2.67 bits per heavy atom. The Morgan fingerprint density at radius 1 is 1.47 bits per heavy atom. The summed E-state index contributed by atoms with van der Waals surface area (Å²) in [4.78, 5) is 11.8. The minimum atomic E-state index is -0.367. The third-order valence-corrected chi connectivity index (χ3v) is 4.27. The highest BCUT2D eigenvalue weighted by Gasteiger charge is 2.29. The van der Waals surface area contributed by atoms with E-state index < -0.39 is 0 Å². The van der Waals surface area contributed by atoms with Crippen molar-refractivity contribution in [1.82, 2.24) is 5.32 Å². The van der Waals surface area contributed by atoms with Gasteiger partial charge in [0.25, 0.3) is 0 Å². The summed E-state index contributed by atoms with van der Waals surface area (Å²) in [6, 6.07) is -0.0367. The minimum absolute atomic E-state index is 0.0101. The lowest BCUT2D eigenvalue weighted by Crippen LogP contribution is -2.49. The molecule has 0 bridgehead atoms. The van der Waals surface area contributed by atoms with Crippen LogP contribution in [-0.4, -0.2) is 29.5 Å². The number of rotatable bonds is 4. The zero-order valence-corrected chi connectivity index (χ0v) is 10.6. The maximum Gasteiger partial charge on any atom is 0.237 e. The second kappa shape index (κ2) is 5.75. The molecule has 1 fully saturated rings. The zero-order chi connectivity index (χ0) is 11.4. The van der Waals surface area contributed by atoms with Crippen LogP contribution in [-0.2, 0) is 4.79 Å². The average molecular weight is 230 g/mol. The van der Waals surface area contributed by atoms with E-state index in [-0.39, 0.29) is 17.9 Å². The second-order valence-corrected chi connectivity index (χ2v) is 5.67. The summed E-state index contributed by atoms with van der Waals surface area (Å²) in [7, 11) is 0. The van der Waals surface area contributed by atoms with Crippen molar-refractivity contribution in [2.45, 2.75) is 50.4 Å². The standard InChI is InChI=1S/C11H22N2OS/c1-7(2)10(12)11(14)13-8-5-4-6-9(8)15-3/h7-10H,4-6,12H2,1-3H3,(H,13,14). The molecular formula is C11H22N2OS. The molecule has 0 aromatic heterocycles. The molecule has 0 heterocycles. The third-order valence-electron chi connectivity index (χ3n) is 3.10. The van der Waals surface area contributed by atoms with Gasteiger partial charge in [-0.15, -0.1) is 0 Å². The van der Waals surface area contributed by atoms with Crippen LogP contribution in [0, 0.1) is 5.92 Å². The molecule has 1 rings (SSSR count). The maximum atomic E-state index is 11.8. The van der Waals surface area contributed by atoms with Crippen LogP contribution in [0.15, 0.2) is 0 Å². The van der Waals surface area contributed by atoms with E-state index in [1.165, 1.54) is 12.8 Å². The molecule has 0 aliphatic heterocycles. The quantitative estimate of drug-likeness (QED) is 0.767. The van der Waals surface area contributed by atoms with Crippen LogP contribution in [0.2, 0.25) is 0 Å². The van der Waals surface area contributed by atoms with Crippen LogP contribution in [0.4, 0.5) is 0 Å². The normalized spacial score (nSPS) is 28.1. The number of carbonyl (C=O) groups is 1. The predicted octanol–water partition coefficient (Wildman–Crippen LogP) is 1.37. The Bertz CT molecular complexity index is 221. The largest absolute Gasteiger partial charge is 0.351 e. The van der Waals surface area contributed by atoms with Gasteiger partial charge in [0.15, 0.2) is 0 Å². The van der Waals surface area contributed by atoms with Crippen molar-refractivity contribution < 1.29 is 4.79 Å². The first-order valence-electron chi connectivity index (χ1n) is 5.65. The summed E-state index contributed by atoms with van der Waals surface area (Å²) in [5.74, 6) is 0.218. The number of amides is 1. The highest BCUT2D eigenvalue weighted by molar-refractivity contribution is 7.99. The molecule has 0 radical (unpaired) electrons. The van der Waals surface area contributed by atoms with Gasteiger partial charge in [0.1, 0.15) is 0 Å². The van der Waals surface area contributed by atoms with E-state index in [2.05, 4.69) is 11.6 Å². The Morgan fingerprint density at radius 2 is 2.13 bits per heavy atom. The van der Waals surface area contributed by atoms with Gasteiger partial charge >= 0.3 is 0 Å². The molecule has 0 saturated heterocycles. The number of carbonyl (C=O) groups excluding carboxylic acids is 1. The number of hydrogen-bond donors (Lipinski definition) is 2. The Balaban J connectivity index is 2.43. The van der Waals surface area contributed by atoms with Gasteiger partial charge in [-0.25, -0.2) is 0 Å². The molecule has 1 amide bonds. The van der Waals surface area contributed by atoms with Crippen LogP contribution >= 0.6 is 11.8 Å². The van der Waals surface area contributed by atoms with E-state index in [9.17, 15) is 4.79 Å². The molecule has 15 heavy (non-hydrogen) atoms. The van der Waals surface area contributed by atoms with Gasteiger partial charge in [-0.2, -0.15) is 11.8 Å². The van der Waals surface area contributed by atoms with Crippen molar-refractivity contribution in [3.05, 3.63) is 0 Å². The molecule has 1 aliphatic carbocycles. The summed E-state index contributed by atoms with van der Waals surface area (Å²) < 4.78 is 0. The summed E-state index contributed by atoms with van der Waals surface area (Å²) in [6.45, 7) is 3.95. The van der Waals surface area contributed by atoms with Gasteiger partial charge in [0.05, 0.1) is 6.04 Å². The Hall–Kier alpha value is -0.220. The van der Waals surface area contributed by atoms with E-state index in [1.54, 1.807) is 0 Å². The molecule has 0 aromatic rings.